The van der Waals surface area contributed by atoms with Crippen molar-refractivity contribution in [1.29, 1.82) is 0 Å². The summed E-state index contributed by atoms with van der Waals surface area (Å²) in [7, 11) is -26.1. The Morgan fingerprint density at radius 3 is 0.763 bits per heavy atom. The minimum atomic E-state index is -5.68. The van der Waals surface area contributed by atoms with Gasteiger partial charge in [-0.25, -0.2) is 51.4 Å². The Labute approximate surface area is 806 Å². The number of unbranched alkanes of at least 4 members (excludes halogenated alkanes) is 21. The standard InChI is InChI=1S/C81H130N10O40P6S2/c1-8-9-10-11-12-13-14-15-16-17-18-19-20-21-22-28-33-116-137(113,114-7)117-34-29-24-26-31-36-139-138-35-30-25-23-27-32-115-132(103,104)128-58-38-68(88-43-53(3)73(94)83-78(88)99)123-63(58)48-119-134(107,108)130-60-40-70(90-45-55(5)75(96)85-80(90)101)125-65(60)50-121-136(111,112)131-61-41-71(91-46-56(6)76(97)86-81(91)102)126-66(61)51-120-135(109,110)129-59-39-69(89-44-54(4)74(95)84-79(89)100)124-64(59)49-118-133(105,106)127-57-37-67(122-62(57)47-92)87-42-52(2)72(93)82-77(87)98/h42-46,57-71,92H,8-41,47-51H2,1-7H3,(H,103,104)(H,105,106)(H,107,108)(H,109,110)(H,111,112)(H,82,93,98)(H,83,94,99)(H,84,95,100)(H,85,96,101)(H,86,97,102)/t57-,58-,59-,60-,61-,62+,63+,64+,65+,66+,67+,68+,69+,70+,71+,137?/m0/s1. The van der Waals surface area contributed by atoms with Crippen LogP contribution in [0, 0.1) is 34.6 Å². The molecule has 50 nitrogen and oxygen atoms in total. The second kappa shape index (κ2) is 54.8. The van der Waals surface area contributed by atoms with Crippen LogP contribution in [0.1, 0.15) is 252 Å². The van der Waals surface area contributed by atoms with Crippen molar-refractivity contribution in [3.63, 3.8) is 0 Å². The van der Waals surface area contributed by atoms with Gasteiger partial charge in [0.25, 0.3) is 27.8 Å². The van der Waals surface area contributed by atoms with Crippen LogP contribution in [0.5, 0.6) is 0 Å². The second-order valence-electron chi connectivity index (χ2n) is 34.6. The zero-order valence-corrected chi connectivity index (χ0v) is 85.4. The van der Waals surface area contributed by atoms with Crippen LogP contribution in [0.3, 0.4) is 0 Å². The van der Waals surface area contributed by atoms with E-state index in [0.717, 1.165) is 117 Å². The highest BCUT2D eigenvalue weighted by Gasteiger charge is 2.51. The van der Waals surface area contributed by atoms with Crippen molar-refractivity contribution in [1.82, 2.24) is 47.8 Å². The minimum Gasteiger partial charge on any atom is -0.394 e. The van der Waals surface area contributed by atoms with Crippen LogP contribution in [0.15, 0.2) is 78.9 Å². The monoisotopic (exact) mass is 2130 g/mol. The third-order valence-electron chi connectivity index (χ3n) is 23.6. The number of ether oxygens (including phenoxy) is 5. The number of aliphatic hydroxyl groups excluding tert-OH is 1. The van der Waals surface area contributed by atoms with E-state index in [1.165, 1.54) is 125 Å². The summed E-state index contributed by atoms with van der Waals surface area (Å²) in [5.74, 6) is 1.77. The van der Waals surface area contributed by atoms with Gasteiger partial charge in [-0.1, -0.05) is 151 Å². The maximum atomic E-state index is 14.4. The lowest BCUT2D eigenvalue weighted by Crippen LogP contribution is -2.33. The topological polar surface area (TPSA) is 664 Å². The van der Waals surface area contributed by atoms with Crippen molar-refractivity contribution in [2.24, 2.45) is 0 Å². The van der Waals surface area contributed by atoms with Gasteiger partial charge in [0.05, 0.1) is 52.9 Å². The van der Waals surface area contributed by atoms with Gasteiger partial charge in [0.1, 0.15) is 92.2 Å². The van der Waals surface area contributed by atoms with Crippen molar-refractivity contribution in [2.45, 2.75) is 320 Å². The summed E-state index contributed by atoms with van der Waals surface area (Å²) in [4.78, 5) is 195. The molecular formula is C81H130N10O40P6S2. The molecule has 139 heavy (non-hydrogen) atoms. The molecule has 0 aromatic carbocycles. The fourth-order valence-corrected chi connectivity index (χ4v) is 24.1. The largest absolute Gasteiger partial charge is 0.474 e. The number of phosphoric acid groups is 6. The Balaban J connectivity index is 0.707. The number of aromatic nitrogens is 10. The normalized spacial score (nSPS) is 25.4. The van der Waals surface area contributed by atoms with Gasteiger partial charge in [0, 0.05) is 110 Å². The highest BCUT2D eigenvalue weighted by atomic mass is 33.1. The average Bonchev–Trinajstić information content (AvgIpc) is 1.65. The number of hydrogen-bond donors (Lipinski definition) is 11. The number of nitrogens with zero attached hydrogens (tertiary/aromatic N) is 5. The lowest BCUT2D eigenvalue weighted by atomic mass is 10.0. The summed E-state index contributed by atoms with van der Waals surface area (Å²) in [6.45, 7) is 4.05. The fourth-order valence-electron chi connectivity index (χ4n) is 16.0. The molecule has 0 spiro atoms. The molecule has 11 N–H and O–H groups in total. The molecule has 5 aliphatic heterocycles. The van der Waals surface area contributed by atoms with Gasteiger partial charge >= 0.3 is 75.4 Å². The van der Waals surface area contributed by atoms with E-state index in [1.54, 1.807) is 21.6 Å². The molecule has 5 fully saturated rings. The Morgan fingerprint density at radius 1 is 0.317 bits per heavy atom. The van der Waals surface area contributed by atoms with Crippen LogP contribution in [-0.4, -0.2) is 210 Å². The molecule has 5 aliphatic rings. The number of phosphoric ester groups is 6. The van der Waals surface area contributed by atoms with E-state index in [0.29, 0.717) is 25.9 Å². The number of aryl methyl sites for hydroxylation is 5. The van der Waals surface area contributed by atoms with Gasteiger partial charge in [-0.2, -0.15) is 0 Å². The first-order chi connectivity index (χ1) is 66.0. The number of nitrogens with one attached hydrogen (secondary N) is 5. The molecular weight excluding hydrogens is 2000 g/mol. The van der Waals surface area contributed by atoms with Gasteiger partial charge in [-0.3, -0.25) is 131 Å². The molecule has 6 unspecified atom stereocenters. The maximum absolute atomic E-state index is 14.4. The first-order valence-electron chi connectivity index (χ1n) is 46.4. The summed E-state index contributed by atoms with van der Waals surface area (Å²) >= 11 is 0. The van der Waals surface area contributed by atoms with E-state index in [2.05, 4.69) is 31.8 Å². The molecule has 10 heterocycles. The molecule has 0 bridgehead atoms. The first kappa shape index (κ1) is 115. The summed E-state index contributed by atoms with van der Waals surface area (Å²) in [6, 6.07) is 0. The SMILES string of the molecule is CCCCCCCCCCCCCCCCCCOP(=O)(OC)OCCCCCCSSCCCCCCOP(=O)(O)O[C@H]1C[C@H](n2cc(C)c(=O)[nH]c2=O)O[C@@H]1COP(=O)(O)O[C@H]1C[C@H](n2cc(C)c(=O)[nH]c2=O)O[C@@H]1COP(=O)(O)O[C@H]1C[C@H](n2cc(C)c(=O)[nH]c2=O)O[C@@H]1COP(=O)(O)O[C@H]1C[C@H](n2cc(C)c(=O)[nH]c2=O)O[C@@H]1COP(=O)(O)O[C@H]1C[C@H](n2cc(C)c(=O)[nH]c2=O)O[C@@H]1CO. The van der Waals surface area contributed by atoms with Crippen LogP contribution in [-0.2, 0) is 110 Å². The second-order valence-corrected chi connectivity index (χ2v) is 46.1. The van der Waals surface area contributed by atoms with Gasteiger partial charge in [-0.05, 0) is 66.7 Å². The number of H-pyrrole nitrogens is 5. The Morgan fingerprint density at radius 2 is 0.525 bits per heavy atom. The third-order valence-corrected chi connectivity index (χ3v) is 32.7. The maximum Gasteiger partial charge on any atom is 0.474 e. The van der Waals surface area contributed by atoms with Gasteiger partial charge < -0.3 is 53.3 Å². The average molecular weight is 2130 g/mol. The Kier molecular flexibility index (Phi) is 45.5. The molecule has 0 saturated carbocycles. The zero-order valence-electron chi connectivity index (χ0n) is 78.4. The van der Waals surface area contributed by atoms with E-state index in [4.69, 9.17) is 82.5 Å². The van der Waals surface area contributed by atoms with Gasteiger partial charge in [0.15, 0.2) is 0 Å². The minimum absolute atomic E-state index is 0.0236. The highest BCUT2D eigenvalue weighted by Crippen LogP contribution is 2.57. The summed E-state index contributed by atoms with van der Waals surface area (Å²) in [5, 5.41) is 10.2. The number of hydrogen-bond acceptors (Lipinski definition) is 37. The lowest BCUT2D eigenvalue weighted by molar-refractivity contribution is -0.0651. The van der Waals surface area contributed by atoms with Gasteiger partial charge in [-0.15, -0.1) is 0 Å². The Bertz CT molecular complexity index is 5770. The van der Waals surface area contributed by atoms with Crippen molar-refractivity contribution in [2.75, 3.05) is 71.5 Å². The fraction of sp³-hybridized carbons (Fsp3) is 0.753. The van der Waals surface area contributed by atoms with Crippen LogP contribution in [0.4, 0.5) is 0 Å². The van der Waals surface area contributed by atoms with Crippen molar-refractivity contribution < 1.29 is 139 Å². The van der Waals surface area contributed by atoms with Crippen LogP contribution in [0.2, 0.25) is 0 Å². The van der Waals surface area contributed by atoms with Gasteiger partial charge in [0.2, 0.25) is 0 Å². The predicted octanol–water partition coefficient (Wildman–Crippen LogP) is 9.77. The Hall–Kier alpha value is -5.48. The van der Waals surface area contributed by atoms with E-state index in [1.807, 2.05) is 0 Å². The van der Waals surface area contributed by atoms with Crippen LogP contribution in [0.25, 0.3) is 0 Å². The third kappa shape index (κ3) is 36.3. The number of aromatic amines is 5. The molecule has 5 saturated heterocycles. The molecule has 58 heteroatoms. The van der Waals surface area contributed by atoms with Crippen molar-refractivity contribution in [3.8, 4) is 0 Å². The molecule has 0 radical (unpaired) electrons. The predicted molar refractivity (Wildman–Crippen MR) is 501 cm³/mol. The molecule has 786 valence electrons. The smallest absolute Gasteiger partial charge is 0.394 e. The van der Waals surface area contributed by atoms with Crippen LogP contribution < -0.4 is 56.2 Å². The summed E-state index contributed by atoms with van der Waals surface area (Å²) < 4.78 is 189. The van der Waals surface area contributed by atoms with E-state index in [9.17, 15) is 105 Å². The quantitative estimate of drug-likeness (QED) is 0.00979. The summed E-state index contributed by atoms with van der Waals surface area (Å²) in [5.41, 5.74) is -9.00. The lowest BCUT2D eigenvalue weighted by Gasteiger charge is -2.26. The van der Waals surface area contributed by atoms with E-state index >= 15 is 0 Å². The molecule has 21 atom stereocenters. The van der Waals surface area contributed by atoms with Crippen LogP contribution >= 0.6 is 68.5 Å². The van der Waals surface area contributed by atoms with E-state index < -0.39 is 254 Å². The number of aliphatic hydroxyl groups is 1. The van der Waals surface area contributed by atoms with Crippen molar-refractivity contribution in [3.05, 3.63) is 163 Å². The highest BCUT2D eigenvalue weighted by molar-refractivity contribution is 8.76. The molecule has 10 rings (SSSR count). The number of rotatable bonds is 64. The molecule has 5 aromatic rings. The molecule has 5 aromatic heterocycles. The van der Waals surface area contributed by atoms with E-state index in [-0.39, 0.29) is 47.5 Å². The zero-order chi connectivity index (χ0) is 101. The summed E-state index contributed by atoms with van der Waals surface area (Å²) in [6.07, 6.45) is 4.81. The molecule has 0 amide bonds. The first-order valence-corrected chi connectivity index (χ1v) is 57.9. The molecule has 0 aliphatic carbocycles. The van der Waals surface area contributed by atoms with Crippen molar-refractivity contribution >= 4 is 68.5 Å².